The molecule has 8 nitrogen and oxygen atoms in total. The molecule has 1 aromatic rings. The fourth-order valence-corrected chi connectivity index (χ4v) is 2.75. The fraction of sp³-hybridized carbons (Fsp3) is 0.636. The molecule has 0 fully saturated rings. The molecule has 1 N–H and O–H groups in total. The molecule has 30 heavy (non-hydrogen) atoms. The average Bonchev–Trinajstić information content (AvgIpc) is 2.75. The minimum atomic E-state index is -0.969. The molecule has 8 heteroatoms. The summed E-state index contributed by atoms with van der Waals surface area (Å²) < 4.78 is 21.3. The van der Waals surface area contributed by atoms with Crippen LogP contribution in [0.3, 0.4) is 0 Å². The molecule has 1 atom stereocenters. The van der Waals surface area contributed by atoms with Gasteiger partial charge in [-0.25, -0.2) is 9.59 Å². The second-order valence-electron chi connectivity index (χ2n) is 6.76. The number of hydrogen-bond donors (Lipinski definition) is 1. The van der Waals surface area contributed by atoms with Gasteiger partial charge in [-0.05, 0) is 37.5 Å². The van der Waals surface area contributed by atoms with E-state index >= 15 is 0 Å². The van der Waals surface area contributed by atoms with Gasteiger partial charge in [0, 0.05) is 32.7 Å². The highest BCUT2D eigenvalue weighted by Gasteiger charge is 2.18. The van der Waals surface area contributed by atoms with E-state index in [1.54, 1.807) is 24.0 Å². The number of nitrogens with zero attached hydrogens (tertiary/aromatic N) is 1. The zero-order valence-electron chi connectivity index (χ0n) is 18.3. The molecule has 0 heterocycles. The van der Waals surface area contributed by atoms with Crippen molar-refractivity contribution in [1.29, 1.82) is 0 Å². The van der Waals surface area contributed by atoms with Crippen LogP contribution in [0.2, 0.25) is 0 Å². The van der Waals surface area contributed by atoms with Crippen LogP contribution in [0.1, 0.15) is 38.7 Å². The fourth-order valence-electron chi connectivity index (χ4n) is 2.75. The molecule has 1 rings (SSSR count). The lowest BCUT2D eigenvalue weighted by molar-refractivity contribution is -0.149. The molecule has 0 bridgehead atoms. The van der Waals surface area contributed by atoms with Gasteiger partial charge in [0.1, 0.15) is 5.75 Å². The third-order valence-electron chi connectivity index (χ3n) is 4.41. The van der Waals surface area contributed by atoms with Crippen molar-refractivity contribution in [3.05, 3.63) is 29.8 Å². The van der Waals surface area contributed by atoms with Crippen LogP contribution in [-0.4, -0.2) is 74.8 Å². The van der Waals surface area contributed by atoms with E-state index in [1.165, 1.54) is 7.11 Å². The molecule has 0 aliphatic carbocycles. The highest BCUT2D eigenvalue weighted by Crippen LogP contribution is 2.15. The highest BCUT2D eigenvalue weighted by molar-refractivity contribution is 5.72. The summed E-state index contributed by atoms with van der Waals surface area (Å²) in [6.07, 6.45) is 1.81. The van der Waals surface area contributed by atoms with Gasteiger partial charge in [0.2, 0.25) is 0 Å². The number of carboxylic acids is 1. The van der Waals surface area contributed by atoms with E-state index in [4.69, 9.17) is 24.1 Å². The first-order chi connectivity index (χ1) is 14.5. The summed E-state index contributed by atoms with van der Waals surface area (Å²) in [4.78, 5) is 24.7. The van der Waals surface area contributed by atoms with E-state index < -0.39 is 12.1 Å². The Morgan fingerprint density at radius 3 is 2.37 bits per heavy atom. The monoisotopic (exact) mass is 425 g/mol. The van der Waals surface area contributed by atoms with Crippen LogP contribution in [0.15, 0.2) is 24.3 Å². The largest absolute Gasteiger partial charge is 0.494 e. The SMILES string of the molecule is CCCCOCCN(CCCOc1ccc(CC(OCC)C(=O)O)cc1)C(=O)OC. The van der Waals surface area contributed by atoms with Crippen LogP contribution in [0, 0.1) is 0 Å². The number of carbonyl (C=O) groups excluding carboxylic acids is 1. The van der Waals surface area contributed by atoms with Crippen molar-refractivity contribution in [2.75, 3.05) is 46.6 Å². The zero-order chi connectivity index (χ0) is 22.2. The van der Waals surface area contributed by atoms with Gasteiger partial charge in [-0.2, -0.15) is 0 Å². The number of amides is 1. The summed E-state index contributed by atoms with van der Waals surface area (Å²) in [6.45, 7) is 6.84. The van der Waals surface area contributed by atoms with Gasteiger partial charge in [0.05, 0.1) is 20.3 Å². The van der Waals surface area contributed by atoms with Gasteiger partial charge in [0.15, 0.2) is 6.10 Å². The second kappa shape index (κ2) is 15.5. The summed E-state index contributed by atoms with van der Waals surface area (Å²) in [5.41, 5.74) is 0.864. The smallest absolute Gasteiger partial charge is 0.409 e. The number of carbonyl (C=O) groups is 2. The van der Waals surface area contributed by atoms with Crippen molar-refractivity contribution < 1.29 is 33.6 Å². The van der Waals surface area contributed by atoms with Crippen LogP contribution >= 0.6 is 0 Å². The van der Waals surface area contributed by atoms with Crippen LogP contribution in [-0.2, 0) is 25.4 Å². The third kappa shape index (κ3) is 10.5. The van der Waals surface area contributed by atoms with Crippen molar-refractivity contribution in [1.82, 2.24) is 4.90 Å². The van der Waals surface area contributed by atoms with Gasteiger partial charge in [0.25, 0.3) is 0 Å². The number of unbranched alkanes of at least 4 members (excludes halogenated alkanes) is 1. The zero-order valence-corrected chi connectivity index (χ0v) is 18.3. The summed E-state index contributed by atoms with van der Waals surface area (Å²) in [5, 5.41) is 9.16. The first-order valence-electron chi connectivity index (χ1n) is 10.5. The van der Waals surface area contributed by atoms with E-state index in [0.717, 1.165) is 18.4 Å². The average molecular weight is 426 g/mol. The van der Waals surface area contributed by atoms with Gasteiger partial charge in [-0.15, -0.1) is 0 Å². The standard InChI is InChI=1S/C22H35NO7/c1-4-6-14-28-16-13-23(22(26)27-3)12-7-15-30-19-10-8-18(9-11-19)17-20(21(24)25)29-5-2/h8-11,20H,4-7,12-17H2,1-3H3,(H,24,25). The summed E-state index contributed by atoms with van der Waals surface area (Å²) >= 11 is 0. The molecule has 0 aliphatic rings. The lowest BCUT2D eigenvalue weighted by atomic mass is 10.1. The van der Waals surface area contributed by atoms with Crippen LogP contribution < -0.4 is 4.74 Å². The quantitative estimate of drug-likeness (QED) is 0.406. The molecule has 0 saturated carbocycles. The van der Waals surface area contributed by atoms with Gasteiger partial charge < -0.3 is 29.0 Å². The van der Waals surface area contributed by atoms with E-state index in [0.29, 0.717) is 58.1 Å². The second-order valence-corrected chi connectivity index (χ2v) is 6.76. The Bertz CT molecular complexity index is 606. The van der Waals surface area contributed by atoms with Crippen LogP contribution in [0.5, 0.6) is 5.75 Å². The minimum Gasteiger partial charge on any atom is -0.494 e. The minimum absolute atomic E-state index is 0.303. The van der Waals surface area contributed by atoms with Crippen LogP contribution in [0.4, 0.5) is 4.79 Å². The third-order valence-corrected chi connectivity index (χ3v) is 4.41. The normalized spacial score (nSPS) is 11.7. The Morgan fingerprint density at radius 2 is 1.77 bits per heavy atom. The van der Waals surface area contributed by atoms with E-state index in [1.807, 2.05) is 12.1 Å². The molecule has 1 unspecified atom stereocenters. The van der Waals surface area contributed by atoms with Crippen molar-refractivity contribution in [3.8, 4) is 5.75 Å². The Balaban J connectivity index is 2.38. The maximum atomic E-state index is 11.9. The molecule has 0 radical (unpaired) electrons. The molecule has 0 saturated heterocycles. The summed E-state index contributed by atoms with van der Waals surface area (Å²) in [7, 11) is 1.37. The summed E-state index contributed by atoms with van der Waals surface area (Å²) in [6, 6.07) is 7.27. The van der Waals surface area contributed by atoms with Crippen LogP contribution in [0.25, 0.3) is 0 Å². The maximum absolute atomic E-state index is 11.9. The summed E-state index contributed by atoms with van der Waals surface area (Å²) in [5.74, 6) is -0.280. The van der Waals surface area contributed by atoms with Gasteiger partial charge >= 0.3 is 12.1 Å². The Kier molecular flexibility index (Phi) is 13.3. The topological polar surface area (TPSA) is 94.5 Å². The van der Waals surface area contributed by atoms with Gasteiger partial charge in [-0.3, -0.25) is 0 Å². The number of ether oxygens (including phenoxy) is 4. The number of hydrogen-bond acceptors (Lipinski definition) is 6. The molecular formula is C22H35NO7. The lowest BCUT2D eigenvalue weighted by Gasteiger charge is -2.21. The molecule has 0 aromatic heterocycles. The van der Waals surface area contributed by atoms with Crippen molar-refractivity contribution in [3.63, 3.8) is 0 Å². The number of benzene rings is 1. The number of methoxy groups -OCH3 is 1. The van der Waals surface area contributed by atoms with E-state index in [-0.39, 0.29) is 6.09 Å². The number of aliphatic carboxylic acids is 1. The van der Waals surface area contributed by atoms with Crippen molar-refractivity contribution in [2.45, 2.75) is 45.6 Å². The molecular weight excluding hydrogens is 390 g/mol. The van der Waals surface area contributed by atoms with E-state index in [9.17, 15) is 9.59 Å². The predicted octanol–water partition coefficient (Wildman–Crippen LogP) is 3.37. The molecule has 170 valence electrons. The van der Waals surface area contributed by atoms with Crippen molar-refractivity contribution in [2.24, 2.45) is 0 Å². The molecule has 0 spiro atoms. The Morgan fingerprint density at radius 1 is 1.03 bits per heavy atom. The number of carboxylic acid groups (broad SMARTS) is 1. The predicted molar refractivity (Wildman–Crippen MR) is 113 cm³/mol. The number of rotatable bonds is 16. The van der Waals surface area contributed by atoms with Gasteiger partial charge in [-0.1, -0.05) is 25.5 Å². The Hall–Kier alpha value is -2.32. The molecule has 0 aliphatic heterocycles. The molecule has 1 aromatic carbocycles. The molecule has 1 amide bonds. The first kappa shape index (κ1) is 25.7. The maximum Gasteiger partial charge on any atom is 0.409 e. The Labute approximate surface area is 179 Å². The lowest BCUT2D eigenvalue weighted by Crippen LogP contribution is -2.35. The first-order valence-corrected chi connectivity index (χ1v) is 10.5. The van der Waals surface area contributed by atoms with Crippen molar-refractivity contribution >= 4 is 12.1 Å². The highest BCUT2D eigenvalue weighted by atomic mass is 16.5. The van der Waals surface area contributed by atoms with E-state index in [2.05, 4.69) is 6.92 Å².